The number of esters is 1. The number of amides is 1. The maximum atomic E-state index is 13.5. The molecule has 2 heterocycles. The van der Waals surface area contributed by atoms with Crippen LogP contribution in [0.5, 0.6) is 0 Å². The van der Waals surface area contributed by atoms with Crippen molar-refractivity contribution < 1.29 is 33.4 Å². The van der Waals surface area contributed by atoms with Gasteiger partial charge in [-0.3, -0.25) is 14.5 Å². The van der Waals surface area contributed by atoms with Crippen molar-refractivity contribution in [3.8, 4) is 0 Å². The summed E-state index contributed by atoms with van der Waals surface area (Å²) in [5.41, 5.74) is -0.795. The minimum atomic E-state index is -2.27. The van der Waals surface area contributed by atoms with Crippen LogP contribution in [-0.2, 0) is 23.5 Å². The van der Waals surface area contributed by atoms with Gasteiger partial charge in [0.05, 0.1) is 12.5 Å². The minimum absolute atomic E-state index is 0.0274. The third kappa shape index (κ3) is 10.8. The Bertz CT molecular complexity index is 1050. The summed E-state index contributed by atoms with van der Waals surface area (Å²) in [5, 5.41) is 11.7. The van der Waals surface area contributed by atoms with Crippen molar-refractivity contribution in [3.63, 3.8) is 0 Å². The van der Waals surface area contributed by atoms with E-state index in [9.17, 15) is 19.5 Å². The molecule has 3 aliphatic rings. The predicted octanol–water partition coefficient (Wildman–Crippen LogP) is 6.41. The van der Waals surface area contributed by atoms with Crippen molar-refractivity contribution in [1.82, 2.24) is 9.80 Å². The standard InChI is InChI=1S/C35H60N2O7Si/c1-26-15-16-30(42-33(40)37-22-20-36(21-23-37)28-13-11-9-10-12-14-28)35(6,41)19-17-29(44-45(7,8)34(3,4)5)25-31(39)43-32(26)27(2)18-24-38/h15-16,18,24,26,28-30,32,41H,9-14,17,19-23,25H2,1-8H3/b16-15+,27-18+/t26-,29?,30-,32-,35+/m0/s1. The smallest absolute Gasteiger partial charge is 0.410 e. The van der Waals surface area contributed by atoms with Gasteiger partial charge in [0.1, 0.15) is 18.0 Å². The summed E-state index contributed by atoms with van der Waals surface area (Å²) >= 11 is 0. The van der Waals surface area contributed by atoms with E-state index in [0.717, 1.165) is 13.1 Å². The van der Waals surface area contributed by atoms with E-state index in [-0.39, 0.29) is 23.8 Å². The number of ether oxygens (including phenoxy) is 2. The van der Waals surface area contributed by atoms with E-state index in [2.05, 4.69) is 38.8 Å². The Kier molecular flexibility index (Phi) is 13.5. The summed E-state index contributed by atoms with van der Waals surface area (Å²) in [5.74, 6) is -0.752. The largest absolute Gasteiger partial charge is 0.457 e. The summed E-state index contributed by atoms with van der Waals surface area (Å²) in [7, 11) is -2.27. The van der Waals surface area contributed by atoms with E-state index in [1.54, 1.807) is 24.8 Å². The predicted molar refractivity (Wildman–Crippen MR) is 179 cm³/mol. The maximum Gasteiger partial charge on any atom is 0.410 e. The molecule has 0 spiro atoms. The number of allylic oxidation sites excluding steroid dienone is 1. The van der Waals surface area contributed by atoms with Crippen LogP contribution in [0.25, 0.3) is 0 Å². The Balaban J connectivity index is 1.82. The molecule has 45 heavy (non-hydrogen) atoms. The van der Waals surface area contributed by atoms with Crippen LogP contribution in [0.1, 0.15) is 99.3 Å². The molecule has 1 aliphatic carbocycles. The summed E-state index contributed by atoms with van der Waals surface area (Å²) < 4.78 is 18.7. The van der Waals surface area contributed by atoms with Crippen LogP contribution in [0, 0.1) is 5.92 Å². The molecule has 10 heteroatoms. The number of aldehydes is 1. The van der Waals surface area contributed by atoms with E-state index in [4.69, 9.17) is 13.9 Å². The highest BCUT2D eigenvalue weighted by Crippen LogP contribution is 2.39. The molecular weight excluding hydrogens is 588 g/mol. The van der Waals surface area contributed by atoms with Crippen molar-refractivity contribution >= 4 is 26.7 Å². The highest BCUT2D eigenvalue weighted by Gasteiger charge is 2.42. The van der Waals surface area contributed by atoms with Crippen molar-refractivity contribution in [2.45, 2.75) is 147 Å². The molecule has 0 aromatic rings. The number of cyclic esters (lactones) is 1. The molecule has 0 bridgehead atoms. The average Bonchev–Trinajstić information content (AvgIpc) is 3.25. The number of nitrogens with zero attached hydrogens (tertiary/aromatic N) is 2. The molecule has 0 radical (unpaired) electrons. The lowest BCUT2D eigenvalue weighted by Gasteiger charge is -2.41. The van der Waals surface area contributed by atoms with Crippen LogP contribution in [-0.4, -0.2) is 97.7 Å². The number of hydrogen-bond acceptors (Lipinski definition) is 8. The fourth-order valence-electron chi connectivity index (χ4n) is 6.41. The van der Waals surface area contributed by atoms with Crippen molar-refractivity contribution in [2.75, 3.05) is 26.2 Å². The number of piperazine rings is 1. The Hall–Kier alpha value is -2.01. The van der Waals surface area contributed by atoms with Crippen LogP contribution < -0.4 is 0 Å². The Morgan fingerprint density at radius 3 is 2.27 bits per heavy atom. The monoisotopic (exact) mass is 648 g/mol. The summed E-state index contributed by atoms with van der Waals surface area (Å²) in [6.45, 7) is 18.9. The van der Waals surface area contributed by atoms with Gasteiger partial charge in [-0.15, -0.1) is 0 Å². The summed E-state index contributed by atoms with van der Waals surface area (Å²) in [6, 6.07) is 0.599. The zero-order valence-electron chi connectivity index (χ0n) is 29.2. The SMILES string of the molecule is C/C(=C\C=O)[C@H]1OC(=O)CC(O[Si](C)(C)C(C)(C)C)CC[C@@](C)(O)[C@@H](OC(=O)N2CCN(C3CCCCCC3)CC2)/C=C/[C@@H]1C. The van der Waals surface area contributed by atoms with Gasteiger partial charge in [-0.2, -0.15) is 0 Å². The normalized spacial score (nSPS) is 31.6. The fourth-order valence-corrected chi connectivity index (χ4v) is 7.80. The molecule has 0 aromatic heterocycles. The second-order valence-electron chi connectivity index (χ2n) is 15.3. The molecule has 9 nitrogen and oxygen atoms in total. The lowest BCUT2D eigenvalue weighted by Crippen LogP contribution is -2.53. The molecule has 3 rings (SSSR count). The first kappa shape index (κ1) is 37.4. The molecule has 1 saturated carbocycles. The van der Waals surface area contributed by atoms with Crippen LogP contribution in [0.4, 0.5) is 4.79 Å². The van der Waals surface area contributed by atoms with Gasteiger partial charge in [0.15, 0.2) is 14.4 Å². The Morgan fingerprint density at radius 2 is 1.69 bits per heavy atom. The van der Waals surface area contributed by atoms with Gasteiger partial charge in [0, 0.05) is 38.1 Å². The summed E-state index contributed by atoms with van der Waals surface area (Å²) in [4.78, 5) is 42.3. The molecular formula is C35H60N2O7Si. The highest BCUT2D eigenvalue weighted by molar-refractivity contribution is 6.74. The van der Waals surface area contributed by atoms with Gasteiger partial charge >= 0.3 is 12.1 Å². The first-order valence-electron chi connectivity index (χ1n) is 17.1. The van der Waals surface area contributed by atoms with Gasteiger partial charge in [-0.25, -0.2) is 4.79 Å². The molecule has 1 amide bonds. The molecule has 0 aromatic carbocycles. The lowest BCUT2D eigenvalue weighted by atomic mass is 9.89. The van der Waals surface area contributed by atoms with Crippen molar-refractivity contribution in [3.05, 3.63) is 23.8 Å². The topological polar surface area (TPSA) is 106 Å². The lowest BCUT2D eigenvalue weighted by molar-refractivity contribution is -0.151. The van der Waals surface area contributed by atoms with Crippen LogP contribution in [0.2, 0.25) is 18.1 Å². The van der Waals surface area contributed by atoms with E-state index in [1.807, 2.05) is 13.0 Å². The van der Waals surface area contributed by atoms with Gasteiger partial charge < -0.3 is 23.9 Å². The third-order valence-electron chi connectivity index (χ3n) is 10.5. The first-order chi connectivity index (χ1) is 21.0. The molecule has 2 fully saturated rings. The zero-order chi connectivity index (χ0) is 33.4. The first-order valence-corrected chi connectivity index (χ1v) is 20.0. The molecule has 1 unspecified atom stereocenters. The molecule has 1 N–H and O–H groups in total. The molecule has 256 valence electrons. The minimum Gasteiger partial charge on any atom is -0.457 e. The third-order valence-corrected chi connectivity index (χ3v) is 15.0. The van der Waals surface area contributed by atoms with Crippen LogP contribution in [0.3, 0.4) is 0 Å². The van der Waals surface area contributed by atoms with E-state index >= 15 is 0 Å². The average molecular weight is 649 g/mol. The number of rotatable bonds is 6. The second-order valence-corrected chi connectivity index (χ2v) is 20.0. The van der Waals surface area contributed by atoms with Crippen molar-refractivity contribution in [1.29, 1.82) is 0 Å². The van der Waals surface area contributed by atoms with Crippen LogP contribution in [0.15, 0.2) is 23.8 Å². The number of carbonyl (C=O) groups is 3. The number of aliphatic hydroxyl groups is 1. The Labute approximate surface area is 272 Å². The van der Waals surface area contributed by atoms with E-state index in [0.29, 0.717) is 37.4 Å². The Morgan fingerprint density at radius 1 is 1.07 bits per heavy atom. The molecule has 1 saturated heterocycles. The number of carbonyl (C=O) groups excluding carboxylic acids is 3. The maximum absolute atomic E-state index is 13.5. The quantitative estimate of drug-likeness (QED) is 0.0881. The molecule has 2 aliphatic heterocycles. The highest BCUT2D eigenvalue weighted by atomic mass is 28.4. The van der Waals surface area contributed by atoms with Crippen LogP contribution >= 0.6 is 0 Å². The van der Waals surface area contributed by atoms with Gasteiger partial charge in [0.25, 0.3) is 0 Å². The van der Waals surface area contributed by atoms with Gasteiger partial charge in [-0.1, -0.05) is 59.5 Å². The second kappa shape index (κ2) is 16.2. The van der Waals surface area contributed by atoms with E-state index < -0.39 is 44.3 Å². The zero-order valence-corrected chi connectivity index (χ0v) is 30.2. The molecule has 5 atom stereocenters. The summed E-state index contributed by atoms with van der Waals surface area (Å²) in [6.07, 6.45) is 11.4. The van der Waals surface area contributed by atoms with Gasteiger partial charge in [0.2, 0.25) is 0 Å². The van der Waals surface area contributed by atoms with Crippen molar-refractivity contribution in [2.24, 2.45) is 5.92 Å². The number of hydrogen-bond donors (Lipinski definition) is 1. The fraction of sp³-hybridized carbons (Fsp3) is 0.800. The van der Waals surface area contributed by atoms with E-state index in [1.165, 1.54) is 44.6 Å². The van der Waals surface area contributed by atoms with Gasteiger partial charge in [-0.05, 0) is 75.4 Å².